The Labute approximate surface area is 135 Å². The molecular weight excluding hydrogens is 310 g/mol. The minimum atomic E-state index is -0.210. The van der Waals surface area contributed by atoms with Gasteiger partial charge in [-0.2, -0.15) is 0 Å². The minimum Gasteiger partial charge on any atom is -0.494 e. The van der Waals surface area contributed by atoms with Crippen LogP contribution in [0, 0.1) is 20.8 Å². The van der Waals surface area contributed by atoms with Crippen molar-refractivity contribution in [1.29, 1.82) is 0 Å². The Hall–Kier alpha value is -3.16. The highest BCUT2D eigenvalue weighted by Crippen LogP contribution is 2.36. The number of rotatable bonds is 2. The molecule has 0 saturated heterocycles. The lowest BCUT2D eigenvalue weighted by Gasteiger charge is -2.07. The second-order valence-corrected chi connectivity index (χ2v) is 5.63. The molecule has 122 valence electrons. The molecule has 8 heteroatoms. The molecule has 8 nitrogen and oxygen atoms in total. The molecule has 0 aromatic carbocycles. The molecule has 24 heavy (non-hydrogen) atoms. The van der Waals surface area contributed by atoms with Crippen molar-refractivity contribution >= 4 is 22.1 Å². The number of methoxy groups -OCH3 is 1. The molecule has 4 aromatic heterocycles. The van der Waals surface area contributed by atoms with Gasteiger partial charge in [0.05, 0.1) is 23.8 Å². The second-order valence-electron chi connectivity index (χ2n) is 5.63. The van der Waals surface area contributed by atoms with E-state index < -0.39 is 0 Å². The van der Waals surface area contributed by atoms with E-state index in [4.69, 9.17) is 9.26 Å². The molecule has 2 N–H and O–H groups in total. The summed E-state index contributed by atoms with van der Waals surface area (Å²) >= 11 is 0. The lowest BCUT2D eigenvalue weighted by Crippen LogP contribution is -2.08. The van der Waals surface area contributed by atoms with Gasteiger partial charge in [-0.3, -0.25) is 4.79 Å². The van der Waals surface area contributed by atoms with E-state index in [1.807, 2.05) is 13.8 Å². The lowest BCUT2D eigenvalue weighted by atomic mass is 10.1. The molecule has 0 radical (unpaired) electrons. The van der Waals surface area contributed by atoms with E-state index >= 15 is 0 Å². The molecule has 0 unspecified atom stereocenters. The monoisotopic (exact) mass is 325 g/mol. The van der Waals surface area contributed by atoms with Gasteiger partial charge in [0.15, 0.2) is 0 Å². The highest BCUT2D eigenvalue weighted by atomic mass is 16.5. The molecule has 0 saturated carbocycles. The fourth-order valence-corrected chi connectivity index (χ4v) is 2.97. The van der Waals surface area contributed by atoms with Gasteiger partial charge in [-0.05, 0) is 26.8 Å². The van der Waals surface area contributed by atoms with Crippen molar-refractivity contribution in [2.75, 3.05) is 7.11 Å². The predicted molar refractivity (Wildman–Crippen MR) is 88.3 cm³/mol. The van der Waals surface area contributed by atoms with Gasteiger partial charge in [-0.1, -0.05) is 5.16 Å². The molecular formula is C16H15N5O3. The summed E-state index contributed by atoms with van der Waals surface area (Å²) in [6, 6.07) is 1.79. The third kappa shape index (κ3) is 1.92. The summed E-state index contributed by atoms with van der Waals surface area (Å²) in [5.74, 6) is 1.73. The SMILES string of the molecule is COc1cc2c(nc1-c1c(C)noc1C)[nH]c1nc(C)[nH]c(=O)c12. The minimum absolute atomic E-state index is 0.210. The number of ether oxygens (including phenoxy) is 1. The summed E-state index contributed by atoms with van der Waals surface area (Å²) in [6.45, 7) is 5.40. The number of aromatic nitrogens is 5. The summed E-state index contributed by atoms with van der Waals surface area (Å²) in [5.41, 5.74) is 2.96. The van der Waals surface area contributed by atoms with Crippen molar-refractivity contribution in [3.8, 4) is 17.0 Å². The summed E-state index contributed by atoms with van der Waals surface area (Å²) in [5, 5.41) is 5.09. The van der Waals surface area contributed by atoms with Crippen molar-refractivity contribution in [3.63, 3.8) is 0 Å². The number of fused-ring (bicyclic) bond motifs is 3. The average molecular weight is 325 g/mol. The first-order valence-electron chi connectivity index (χ1n) is 7.40. The Bertz CT molecular complexity index is 1130. The van der Waals surface area contributed by atoms with Gasteiger partial charge in [-0.25, -0.2) is 9.97 Å². The fraction of sp³-hybridized carbons (Fsp3) is 0.250. The van der Waals surface area contributed by atoms with Crippen LogP contribution in [0.4, 0.5) is 0 Å². The van der Waals surface area contributed by atoms with Crippen LogP contribution in [0.2, 0.25) is 0 Å². The largest absolute Gasteiger partial charge is 0.494 e. The van der Waals surface area contributed by atoms with Crippen LogP contribution in [0.25, 0.3) is 33.3 Å². The standard InChI is InChI=1S/C16H15N5O3/c1-6-11(7(2)24-21-6)13-10(23-4)5-9-12-15(20-14(9)19-13)17-8(3)18-16(12)22/h5H,1-4H3,(H2,17,18,19,20,22). The van der Waals surface area contributed by atoms with E-state index in [1.165, 1.54) is 0 Å². The van der Waals surface area contributed by atoms with Gasteiger partial charge < -0.3 is 19.2 Å². The van der Waals surface area contributed by atoms with Crippen molar-refractivity contribution in [2.45, 2.75) is 20.8 Å². The van der Waals surface area contributed by atoms with E-state index in [-0.39, 0.29) is 5.56 Å². The van der Waals surface area contributed by atoms with Crippen molar-refractivity contribution in [1.82, 2.24) is 25.1 Å². The zero-order valence-electron chi connectivity index (χ0n) is 13.6. The average Bonchev–Trinajstić information content (AvgIpc) is 3.05. The maximum absolute atomic E-state index is 12.3. The fourth-order valence-electron chi connectivity index (χ4n) is 2.97. The van der Waals surface area contributed by atoms with Gasteiger partial charge in [0, 0.05) is 5.39 Å². The van der Waals surface area contributed by atoms with Crippen LogP contribution >= 0.6 is 0 Å². The number of hydrogen-bond acceptors (Lipinski definition) is 6. The Morgan fingerprint density at radius 2 is 1.92 bits per heavy atom. The van der Waals surface area contributed by atoms with Gasteiger partial charge in [-0.15, -0.1) is 0 Å². The quantitative estimate of drug-likeness (QED) is 0.585. The molecule has 0 aliphatic rings. The summed E-state index contributed by atoms with van der Waals surface area (Å²) in [6.07, 6.45) is 0. The van der Waals surface area contributed by atoms with Crippen LogP contribution in [0.3, 0.4) is 0 Å². The first kappa shape index (κ1) is 14.4. The number of nitrogens with one attached hydrogen (secondary N) is 2. The number of nitrogens with zero attached hydrogens (tertiary/aromatic N) is 3. The molecule has 4 aromatic rings. The molecule has 0 bridgehead atoms. The van der Waals surface area contributed by atoms with E-state index in [1.54, 1.807) is 20.1 Å². The number of hydrogen-bond donors (Lipinski definition) is 2. The Balaban J connectivity index is 2.12. The van der Waals surface area contributed by atoms with E-state index in [0.717, 1.165) is 11.3 Å². The molecule has 0 atom stereocenters. The topological polar surface area (TPSA) is 110 Å². The zero-order valence-corrected chi connectivity index (χ0v) is 13.6. The van der Waals surface area contributed by atoms with Crippen molar-refractivity contribution < 1.29 is 9.26 Å². The summed E-state index contributed by atoms with van der Waals surface area (Å²) < 4.78 is 10.7. The molecule has 4 rings (SSSR count). The number of aryl methyl sites for hydroxylation is 3. The maximum Gasteiger partial charge on any atom is 0.261 e. The predicted octanol–water partition coefficient (Wildman–Crippen LogP) is 2.39. The number of aromatic amines is 2. The smallest absolute Gasteiger partial charge is 0.261 e. The summed E-state index contributed by atoms with van der Waals surface area (Å²) in [7, 11) is 1.56. The van der Waals surface area contributed by atoms with Crippen LogP contribution in [0.5, 0.6) is 5.75 Å². The maximum atomic E-state index is 12.3. The van der Waals surface area contributed by atoms with Gasteiger partial charge >= 0.3 is 0 Å². The highest BCUT2D eigenvalue weighted by molar-refractivity contribution is 6.05. The molecule has 0 fully saturated rings. The van der Waals surface area contributed by atoms with Crippen molar-refractivity contribution in [2.24, 2.45) is 0 Å². The third-order valence-corrected chi connectivity index (χ3v) is 4.02. The summed E-state index contributed by atoms with van der Waals surface area (Å²) in [4.78, 5) is 27.1. The first-order chi connectivity index (χ1) is 11.5. The normalized spacial score (nSPS) is 11.5. The van der Waals surface area contributed by atoms with Crippen LogP contribution < -0.4 is 10.3 Å². The molecule has 0 aliphatic heterocycles. The number of pyridine rings is 1. The second kappa shape index (κ2) is 4.92. The van der Waals surface area contributed by atoms with Crippen LogP contribution in [-0.2, 0) is 0 Å². The van der Waals surface area contributed by atoms with Crippen LogP contribution in [0.1, 0.15) is 17.3 Å². The molecule has 0 spiro atoms. The van der Waals surface area contributed by atoms with Gasteiger partial charge in [0.25, 0.3) is 5.56 Å². The first-order valence-corrected chi connectivity index (χ1v) is 7.40. The number of H-pyrrole nitrogens is 2. The van der Waals surface area contributed by atoms with Gasteiger partial charge in [0.2, 0.25) is 0 Å². The lowest BCUT2D eigenvalue weighted by molar-refractivity contribution is 0.393. The Morgan fingerprint density at radius 3 is 2.58 bits per heavy atom. The molecule has 0 amide bonds. The highest BCUT2D eigenvalue weighted by Gasteiger charge is 2.21. The van der Waals surface area contributed by atoms with Crippen LogP contribution in [0.15, 0.2) is 15.4 Å². The zero-order chi connectivity index (χ0) is 17.0. The van der Waals surface area contributed by atoms with E-state index in [0.29, 0.717) is 45.1 Å². The molecule has 0 aliphatic carbocycles. The Morgan fingerprint density at radius 1 is 1.12 bits per heavy atom. The molecule has 4 heterocycles. The van der Waals surface area contributed by atoms with Crippen LogP contribution in [-0.4, -0.2) is 32.2 Å². The Kier molecular flexibility index (Phi) is 2.96. The van der Waals surface area contributed by atoms with Crippen molar-refractivity contribution in [3.05, 3.63) is 33.7 Å². The third-order valence-electron chi connectivity index (χ3n) is 4.02. The van der Waals surface area contributed by atoms with E-state index in [9.17, 15) is 4.79 Å². The van der Waals surface area contributed by atoms with E-state index in [2.05, 4.69) is 25.1 Å². The van der Waals surface area contributed by atoms with Gasteiger partial charge in [0.1, 0.15) is 34.3 Å².